The standard InChI is InChI=1S/C14H12N2O3/c1-7-10-11(12(15-7)14(18)19-2)8-5-3-4-6-9(8)16-13(10)17/h3-6,15H,1-2H3,(H,16,17). The summed E-state index contributed by atoms with van der Waals surface area (Å²) in [4.78, 5) is 29.7. The zero-order valence-electron chi connectivity index (χ0n) is 10.5. The lowest BCUT2D eigenvalue weighted by molar-refractivity contribution is 0.0597. The summed E-state index contributed by atoms with van der Waals surface area (Å²) in [5.41, 5.74) is 1.46. The van der Waals surface area contributed by atoms with Crippen LogP contribution in [0.3, 0.4) is 0 Å². The van der Waals surface area contributed by atoms with E-state index in [4.69, 9.17) is 4.74 Å². The second-order valence-electron chi connectivity index (χ2n) is 4.37. The molecule has 2 aromatic heterocycles. The number of pyridine rings is 1. The van der Waals surface area contributed by atoms with Gasteiger partial charge < -0.3 is 14.7 Å². The molecule has 3 rings (SSSR count). The molecular formula is C14H12N2O3. The summed E-state index contributed by atoms with van der Waals surface area (Å²) in [6, 6.07) is 7.37. The topological polar surface area (TPSA) is 75.0 Å². The molecular weight excluding hydrogens is 244 g/mol. The molecule has 0 bridgehead atoms. The molecule has 0 aliphatic heterocycles. The van der Waals surface area contributed by atoms with Crippen LogP contribution in [-0.4, -0.2) is 23.0 Å². The van der Waals surface area contributed by atoms with Crippen molar-refractivity contribution in [2.24, 2.45) is 0 Å². The first-order chi connectivity index (χ1) is 9.13. The maximum atomic E-state index is 12.1. The molecule has 0 radical (unpaired) electrons. The Morgan fingerprint density at radius 1 is 1.16 bits per heavy atom. The summed E-state index contributed by atoms with van der Waals surface area (Å²) in [5.74, 6) is -0.478. The molecule has 0 aliphatic rings. The highest BCUT2D eigenvalue weighted by Gasteiger charge is 2.19. The molecule has 1 aromatic carbocycles. The fraction of sp³-hybridized carbons (Fsp3) is 0.143. The summed E-state index contributed by atoms with van der Waals surface area (Å²) < 4.78 is 4.76. The smallest absolute Gasteiger partial charge is 0.355 e. The van der Waals surface area contributed by atoms with Gasteiger partial charge in [0.25, 0.3) is 5.56 Å². The number of para-hydroxylation sites is 1. The molecule has 5 heteroatoms. The van der Waals surface area contributed by atoms with Gasteiger partial charge >= 0.3 is 5.97 Å². The van der Waals surface area contributed by atoms with Gasteiger partial charge in [0, 0.05) is 22.0 Å². The highest BCUT2D eigenvalue weighted by Crippen LogP contribution is 2.27. The number of carbonyl (C=O) groups excluding carboxylic acids is 1. The van der Waals surface area contributed by atoms with E-state index < -0.39 is 5.97 Å². The minimum atomic E-state index is -0.478. The van der Waals surface area contributed by atoms with E-state index in [0.29, 0.717) is 27.7 Å². The number of rotatable bonds is 1. The first kappa shape index (κ1) is 11.5. The number of methoxy groups -OCH3 is 1. The lowest BCUT2D eigenvalue weighted by Gasteiger charge is -2.02. The Morgan fingerprint density at radius 2 is 1.89 bits per heavy atom. The van der Waals surface area contributed by atoms with Crippen molar-refractivity contribution in [1.82, 2.24) is 9.97 Å². The molecule has 19 heavy (non-hydrogen) atoms. The Morgan fingerprint density at radius 3 is 2.63 bits per heavy atom. The number of hydrogen-bond donors (Lipinski definition) is 2. The maximum Gasteiger partial charge on any atom is 0.355 e. The number of esters is 1. The first-order valence-corrected chi connectivity index (χ1v) is 5.85. The van der Waals surface area contributed by atoms with Crippen LogP contribution in [-0.2, 0) is 4.74 Å². The van der Waals surface area contributed by atoms with E-state index in [1.807, 2.05) is 18.2 Å². The number of carbonyl (C=O) groups is 1. The van der Waals surface area contributed by atoms with Crippen molar-refractivity contribution in [2.75, 3.05) is 7.11 Å². The molecule has 5 nitrogen and oxygen atoms in total. The number of nitrogens with one attached hydrogen (secondary N) is 2. The molecule has 0 aliphatic carbocycles. The van der Waals surface area contributed by atoms with Gasteiger partial charge in [-0.2, -0.15) is 0 Å². The van der Waals surface area contributed by atoms with Gasteiger partial charge in [-0.15, -0.1) is 0 Å². The van der Waals surface area contributed by atoms with E-state index in [9.17, 15) is 9.59 Å². The lowest BCUT2D eigenvalue weighted by atomic mass is 10.1. The SMILES string of the molecule is COC(=O)c1[nH]c(C)c2c(=O)[nH]c3ccccc3c12. The normalized spacial score (nSPS) is 11.1. The molecule has 2 heterocycles. The number of fused-ring (bicyclic) bond motifs is 3. The molecule has 96 valence electrons. The number of aryl methyl sites for hydroxylation is 1. The highest BCUT2D eigenvalue weighted by molar-refractivity contribution is 6.15. The van der Waals surface area contributed by atoms with Gasteiger partial charge in [0.1, 0.15) is 5.69 Å². The molecule has 0 saturated heterocycles. The van der Waals surface area contributed by atoms with Gasteiger partial charge in [-0.25, -0.2) is 4.79 Å². The monoisotopic (exact) mass is 256 g/mol. The molecule has 0 unspecified atom stereocenters. The van der Waals surface area contributed by atoms with Crippen LogP contribution in [0.5, 0.6) is 0 Å². The Hall–Kier alpha value is -2.56. The highest BCUT2D eigenvalue weighted by atomic mass is 16.5. The van der Waals surface area contributed by atoms with Crippen molar-refractivity contribution in [3.63, 3.8) is 0 Å². The third-order valence-electron chi connectivity index (χ3n) is 3.25. The lowest BCUT2D eigenvalue weighted by Crippen LogP contribution is -2.07. The molecule has 0 amide bonds. The second kappa shape index (κ2) is 3.98. The van der Waals surface area contributed by atoms with Gasteiger partial charge in [-0.05, 0) is 13.0 Å². The zero-order valence-corrected chi connectivity index (χ0v) is 10.5. The fourth-order valence-electron chi connectivity index (χ4n) is 2.43. The predicted octanol–water partition coefficient (Wildman–Crippen LogP) is 2.10. The summed E-state index contributed by atoms with van der Waals surface area (Å²) >= 11 is 0. The second-order valence-corrected chi connectivity index (χ2v) is 4.37. The van der Waals surface area contributed by atoms with Gasteiger partial charge in [0.15, 0.2) is 0 Å². The van der Waals surface area contributed by atoms with Crippen molar-refractivity contribution < 1.29 is 9.53 Å². The van der Waals surface area contributed by atoms with Crippen LogP contribution in [0.15, 0.2) is 29.1 Å². The average Bonchev–Trinajstić information content (AvgIpc) is 2.77. The number of H-pyrrole nitrogens is 2. The summed E-state index contributed by atoms with van der Waals surface area (Å²) in [6.07, 6.45) is 0. The van der Waals surface area contributed by atoms with E-state index in [2.05, 4.69) is 9.97 Å². The minimum Gasteiger partial charge on any atom is -0.464 e. The van der Waals surface area contributed by atoms with Crippen molar-refractivity contribution in [3.05, 3.63) is 46.0 Å². The Bertz CT molecular complexity index is 858. The van der Waals surface area contributed by atoms with Crippen LogP contribution in [0.2, 0.25) is 0 Å². The van der Waals surface area contributed by atoms with Gasteiger partial charge in [0.2, 0.25) is 0 Å². The van der Waals surface area contributed by atoms with Crippen LogP contribution in [0.25, 0.3) is 21.7 Å². The third kappa shape index (κ3) is 1.55. The number of aromatic nitrogens is 2. The number of hydrogen-bond acceptors (Lipinski definition) is 3. The molecule has 0 fully saturated rings. The minimum absolute atomic E-state index is 0.211. The number of aromatic amines is 2. The molecule has 3 aromatic rings. The Kier molecular flexibility index (Phi) is 2.41. The first-order valence-electron chi connectivity index (χ1n) is 5.85. The average molecular weight is 256 g/mol. The van der Waals surface area contributed by atoms with Gasteiger partial charge in [-0.3, -0.25) is 4.79 Å². The summed E-state index contributed by atoms with van der Waals surface area (Å²) in [6.45, 7) is 1.76. The number of ether oxygens (including phenoxy) is 1. The van der Waals surface area contributed by atoms with Crippen molar-refractivity contribution in [1.29, 1.82) is 0 Å². The van der Waals surface area contributed by atoms with Crippen LogP contribution in [0.4, 0.5) is 0 Å². The Labute approximate surface area is 108 Å². The van der Waals surface area contributed by atoms with Crippen molar-refractivity contribution >= 4 is 27.6 Å². The molecule has 0 saturated carbocycles. The van der Waals surface area contributed by atoms with E-state index in [0.717, 1.165) is 5.39 Å². The fourth-order valence-corrected chi connectivity index (χ4v) is 2.43. The number of benzene rings is 1. The van der Waals surface area contributed by atoms with E-state index in [1.54, 1.807) is 13.0 Å². The van der Waals surface area contributed by atoms with E-state index in [1.165, 1.54) is 7.11 Å². The predicted molar refractivity (Wildman–Crippen MR) is 72.5 cm³/mol. The quantitative estimate of drug-likeness (QED) is 0.655. The van der Waals surface area contributed by atoms with Gasteiger partial charge in [0.05, 0.1) is 12.5 Å². The maximum absolute atomic E-state index is 12.1. The van der Waals surface area contributed by atoms with E-state index >= 15 is 0 Å². The largest absolute Gasteiger partial charge is 0.464 e. The van der Waals surface area contributed by atoms with Crippen LogP contribution >= 0.6 is 0 Å². The van der Waals surface area contributed by atoms with Gasteiger partial charge in [-0.1, -0.05) is 18.2 Å². The van der Waals surface area contributed by atoms with Crippen molar-refractivity contribution in [3.8, 4) is 0 Å². The summed E-state index contributed by atoms with van der Waals surface area (Å²) in [7, 11) is 1.32. The van der Waals surface area contributed by atoms with Crippen molar-refractivity contribution in [2.45, 2.75) is 6.92 Å². The summed E-state index contributed by atoms with van der Waals surface area (Å²) in [5, 5.41) is 1.93. The van der Waals surface area contributed by atoms with Crippen LogP contribution in [0, 0.1) is 6.92 Å². The van der Waals surface area contributed by atoms with Crippen LogP contribution in [0.1, 0.15) is 16.2 Å². The molecule has 0 atom stereocenters. The van der Waals surface area contributed by atoms with Crippen LogP contribution < -0.4 is 5.56 Å². The molecule has 2 N–H and O–H groups in total. The molecule has 0 spiro atoms. The third-order valence-corrected chi connectivity index (χ3v) is 3.25. The zero-order chi connectivity index (χ0) is 13.6. The Balaban J connectivity index is 2.60. The van der Waals surface area contributed by atoms with E-state index in [-0.39, 0.29) is 5.56 Å².